The van der Waals surface area contributed by atoms with Gasteiger partial charge in [-0.05, 0) is 53.8 Å². The van der Waals surface area contributed by atoms with Gasteiger partial charge in [-0.2, -0.15) is 11.3 Å². The summed E-state index contributed by atoms with van der Waals surface area (Å²) in [4.78, 5) is 7.94. The summed E-state index contributed by atoms with van der Waals surface area (Å²) in [7, 11) is 6.04. The molecule has 2 unspecified atom stereocenters. The molecule has 0 bridgehead atoms. The Bertz CT molecular complexity index is 576. The highest BCUT2D eigenvalue weighted by atomic mass is 32.1. The first-order valence-corrected chi connectivity index (χ1v) is 9.60. The minimum absolute atomic E-state index is 0.350. The zero-order valence-electron chi connectivity index (χ0n) is 14.2. The zero-order valence-corrected chi connectivity index (χ0v) is 15.9. The molecule has 0 saturated heterocycles. The Kier molecular flexibility index (Phi) is 7.08. The molecule has 2 rings (SSSR count). The van der Waals surface area contributed by atoms with E-state index < -0.39 is 0 Å². The van der Waals surface area contributed by atoms with Crippen molar-refractivity contribution >= 4 is 28.6 Å². The van der Waals surface area contributed by atoms with Crippen molar-refractivity contribution < 1.29 is 0 Å². The first-order chi connectivity index (χ1) is 11.1. The van der Waals surface area contributed by atoms with Gasteiger partial charge in [-0.15, -0.1) is 11.3 Å². The number of thiophene rings is 2. The van der Waals surface area contributed by atoms with Crippen molar-refractivity contribution in [2.75, 3.05) is 34.2 Å². The van der Waals surface area contributed by atoms with Gasteiger partial charge in [0.2, 0.25) is 0 Å². The molecule has 0 aliphatic carbocycles. The number of likely N-dealkylation sites (N-methyl/N-ethyl adjacent to an activating group) is 1. The summed E-state index contributed by atoms with van der Waals surface area (Å²) in [5, 5.41) is 13.3. The number of guanidine groups is 1. The average molecular weight is 351 g/mol. The Hall–Kier alpha value is -1.37. The lowest BCUT2D eigenvalue weighted by atomic mass is 10.1. The van der Waals surface area contributed by atoms with E-state index in [9.17, 15) is 0 Å². The molecule has 126 valence electrons. The summed E-state index contributed by atoms with van der Waals surface area (Å²) < 4.78 is 0. The van der Waals surface area contributed by atoms with Crippen molar-refractivity contribution in [3.8, 4) is 0 Å². The highest BCUT2D eigenvalue weighted by Gasteiger charge is 2.15. The van der Waals surface area contributed by atoms with Crippen LogP contribution in [0.2, 0.25) is 0 Å². The van der Waals surface area contributed by atoms with Crippen LogP contribution in [-0.4, -0.2) is 45.1 Å². The molecule has 2 aromatic rings. The van der Waals surface area contributed by atoms with Gasteiger partial charge < -0.3 is 15.5 Å². The van der Waals surface area contributed by atoms with E-state index in [4.69, 9.17) is 0 Å². The molecule has 0 radical (unpaired) electrons. The van der Waals surface area contributed by atoms with Crippen LogP contribution in [0.25, 0.3) is 0 Å². The van der Waals surface area contributed by atoms with Crippen LogP contribution in [0.15, 0.2) is 39.3 Å². The highest BCUT2D eigenvalue weighted by Crippen LogP contribution is 2.22. The van der Waals surface area contributed by atoms with Crippen LogP contribution in [0, 0.1) is 0 Å². The summed E-state index contributed by atoms with van der Waals surface area (Å²) in [6.07, 6.45) is 0. The van der Waals surface area contributed by atoms with Crippen LogP contribution in [0.5, 0.6) is 0 Å². The molecule has 0 fully saturated rings. The Morgan fingerprint density at radius 2 is 2.00 bits per heavy atom. The number of hydrogen-bond donors (Lipinski definition) is 2. The van der Waals surface area contributed by atoms with Crippen molar-refractivity contribution in [1.82, 2.24) is 15.5 Å². The summed E-state index contributed by atoms with van der Waals surface area (Å²) in [5.74, 6) is 1.33. The molecule has 2 N–H and O–H groups in total. The summed E-state index contributed by atoms with van der Waals surface area (Å²) in [5.41, 5.74) is 1.38. The van der Waals surface area contributed by atoms with Gasteiger partial charge in [0.15, 0.2) is 5.96 Å². The number of nitrogens with one attached hydrogen (secondary N) is 2. The second-order valence-electron chi connectivity index (χ2n) is 5.79. The van der Waals surface area contributed by atoms with Gasteiger partial charge >= 0.3 is 0 Å². The second kappa shape index (κ2) is 9.05. The lowest BCUT2D eigenvalue weighted by Crippen LogP contribution is -2.42. The second-order valence-corrected chi connectivity index (χ2v) is 7.55. The smallest absolute Gasteiger partial charge is 0.191 e. The normalized spacial score (nSPS) is 14.7. The third kappa shape index (κ3) is 5.34. The third-order valence-electron chi connectivity index (χ3n) is 3.87. The van der Waals surface area contributed by atoms with Crippen LogP contribution in [0.4, 0.5) is 0 Å². The van der Waals surface area contributed by atoms with E-state index in [1.807, 2.05) is 7.05 Å². The lowest BCUT2D eigenvalue weighted by Gasteiger charge is -2.25. The number of rotatable bonds is 7. The standard InChI is InChI=1S/C17H26N4S2/c1-13(14-7-9-22-12-14)10-19-17(18-2)20-11-15(21(3)4)16-6-5-8-23-16/h5-9,12-13,15H,10-11H2,1-4H3,(H2,18,19,20). The molecule has 0 amide bonds. The fraction of sp³-hybridized carbons (Fsp3) is 0.471. The Balaban J connectivity index is 1.84. The van der Waals surface area contributed by atoms with Crippen molar-refractivity contribution in [3.63, 3.8) is 0 Å². The van der Waals surface area contributed by atoms with Gasteiger partial charge in [-0.1, -0.05) is 13.0 Å². The highest BCUT2D eigenvalue weighted by molar-refractivity contribution is 7.10. The topological polar surface area (TPSA) is 39.7 Å². The van der Waals surface area contributed by atoms with Gasteiger partial charge in [0.05, 0.1) is 6.04 Å². The monoisotopic (exact) mass is 350 g/mol. The predicted molar refractivity (Wildman–Crippen MR) is 103 cm³/mol. The van der Waals surface area contributed by atoms with Gasteiger partial charge in [-0.25, -0.2) is 0 Å². The maximum Gasteiger partial charge on any atom is 0.191 e. The van der Waals surface area contributed by atoms with E-state index in [0.29, 0.717) is 12.0 Å². The first-order valence-electron chi connectivity index (χ1n) is 7.78. The molecular formula is C17H26N4S2. The zero-order chi connectivity index (χ0) is 16.7. The molecule has 4 nitrogen and oxygen atoms in total. The fourth-order valence-corrected chi connectivity index (χ4v) is 4.06. The van der Waals surface area contributed by atoms with Crippen LogP contribution in [0.3, 0.4) is 0 Å². The summed E-state index contributed by atoms with van der Waals surface area (Å²) >= 11 is 3.54. The Labute approximate surface area is 147 Å². The maximum atomic E-state index is 4.34. The molecule has 0 aromatic carbocycles. The van der Waals surface area contributed by atoms with E-state index in [1.165, 1.54) is 10.4 Å². The van der Waals surface area contributed by atoms with Crippen molar-refractivity contribution in [2.24, 2.45) is 4.99 Å². The molecule has 2 heterocycles. The van der Waals surface area contributed by atoms with Gasteiger partial charge in [0, 0.05) is 25.0 Å². The third-order valence-corrected chi connectivity index (χ3v) is 5.54. The van der Waals surface area contributed by atoms with Crippen molar-refractivity contribution in [3.05, 3.63) is 44.8 Å². The maximum absolute atomic E-state index is 4.34. The molecule has 23 heavy (non-hydrogen) atoms. The van der Waals surface area contributed by atoms with E-state index >= 15 is 0 Å². The van der Waals surface area contributed by atoms with Crippen LogP contribution < -0.4 is 10.6 Å². The number of hydrogen-bond acceptors (Lipinski definition) is 4. The molecular weight excluding hydrogens is 324 g/mol. The van der Waals surface area contributed by atoms with Crippen molar-refractivity contribution in [1.29, 1.82) is 0 Å². The minimum Gasteiger partial charge on any atom is -0.356 e. The molecule has 0 saturated carbocycles. The quantitative estimate of drug-likeness (QED) is 0.594. The van der Waals surface area contributed by atoms with E-state index in [2.05, 4.69) is 75.9 Å². The number of nitrogens with zero attached hydrogens (tertiary/aromatic N) is 2. The van der Waals surface area contributed by atoms with Gasteiger partial charge in [0.1, 0.15) is 0 Å². The van der Waals surface area contributed by atoms with E-state index in [0.717, 1.165) is 19.0 Å². The fourth-order valence-electron chi connectivity index (χ4n) is 2.36. The predicted octanol–water partition coefficient (Wildman–Crippen LogP) is 3.38. The van der Waals surface area contributed by atoms with Gasteiger partial charge in [0.25, 0.3) is 0 Å². The molecule has 2 atom stereocenters. The van der Waals surface area contributed by atoms with Gasteiger partial charge in [-0.3, -0.25) is 4.99 Å². The lowest BCUT2D eigenvalue weighted by molar-refractivity contribution is 0.302. The Morgan fingerprint density at radius 3 is 2.57 bits per heavy atom. The SMILES string of the molecule is CN=C(NCC(C)c1ccsc1)NCC(c1cccs1)N(C)C. The van der Waals surface area contributed by atoms with Crippen molar-refractivity contribution in [2.45, 2.75) is 18.9 Å². The largest absolute Gasteiger partial charge is 0.356 e. The molecule has 6 heteroatoms. The summed E-state index contributed by atoms with van der Waals surface area (Å²) in [6, 6.07) is 6.83. The first kappa shape index (κ1) is 18.0. The molecule has 0 aliphatic heterocycles. The van der Waals surface area contributed by atoms with Crippen LogP contribution >= 0.6 is 22.7 Å². The number of aliphatic imine (C=N–C) groups is 1. The van der Waals surface area contributed by atoms with Crippen LogP contribution in [-0.2, 0) is 0 Å². The van der Waals surface area contributed by atoms with E-state index in [1.54, 1.807) is 22.7 Å². The van der Waals surface area contributed by atoms with E-state index in [-0.39, 0.29) is 0 Å². The molecule has 0 aliphatic rings. The average Bonchev–Trinajstić information content (AvgIpc) is 3.23. The molecule has 2 aromatic heterocycles. The Morgan fingerprint density at radius 1 is 1.22 bits per heavy atom. The summed E-state index contributed by atoms with van der Waals surface area (Å²) in [6.45, 7) is 3.94. The van der Waals surface area contributed by atoms with Crippen LogP contribution in [0.1, 0.15) is 29.3 Å². The molecule has 0 spiro atoms. The minimum atomic E-state index is 0.350.